The van der Waals surface area contributed by atoms with Gasteiger partial charge in [-0.1, -0.05) is 34.6 Å². The van der Waals surface area contributed by atoms with E-state index in [1.54, 1.807) is 177 Å². The van der Waals surface area contributed by atoms with Crippen LogP contribution in [0.3, 0.4) is 0 Å². The summed E-state index contributed by atoms with van der Waals surface area (Å²) in [5.74, 6) is -0.683. The van der Waals surface area contributed by atoms with Crippen LogP contribution >= 0.6 is 55.8 Å². The van der Waals surface area contributed by atoms with Crippen LogP contribution in [0.2, 0.25) is 0 Å². The number of benzene rings is 5. The molecule has 0 atom stereocenters. The van der Waals surface area contributed by atoms with E-state index < -0.39 is 79.6 Å². The predicted octanol–water partition coefficient (Wildman–Crippen LogP) is 18.6. The number of aliphatic hydroxyl groups is 2. The number of hydrogen-bond donors (Lipinski definition) is 7. The van der Waals surface area contributed by atoms with E-state index in [1.165, 1.54) is 50.5 Å². The van der Waals surface area contributed by atoms with Crippen molar-refractivity contribution in [2.75, 3.05) is 119 Å². The van der Waals surface area contributed by atoms with E-state index in [2.05, 4.69) is 30.8 Å². The normalized spacial score (nSPS) is 11.3. The number of rotatable bonds is 43. The summed E-state index contributed by atoms with van der Waals surface area (Å²) in [4.78, 5) is 56.6. The first-order valence-electron chi connectivity index (χ1n) is 39.0. The molecule has 0 saturated heterocycles. The number of carboxylic acid groups (broad SMARTS) is 1. The van der Waals surface area contributed by atoms with Gasteiger partial charge in [0.25, 0.3) is 23.4 Å². The third-order valence-corrected chi connectivity index (χ3v) is 24.2. The molecule has 722 valence electrons. The predicted molar refractivity (Wildman–Crippen MR) is 490 cm³/mol. The fourth-order valence-corrected chi connectivity index (χ4v) is 16.1. The molecule has 130 heavy (non-hydrogen) atoms. The number of nitrogens with two attached hydrogens (primary N) is 1. The van der Waals surface area contributed by atoms with Gasteiger partial charge < -0.3 is 126 Å². The van der Waals surface area contributed by atoms with E-state index >= 15 is 0 Å². The number of nitrogens with one attached hydrogen (secondary N) is 3. The summed E-state index contributed by atoms with van der Waals surface area (Å²) < 4.78 is 150. The van der Waals surface area contributed by atoms with Crippen LogP contribution in [0.4, 0.5) is 28.4 Å². The third-order valence-electron chi connectivity index (χ3n) is 15.5. The number of allylic oxidation sites excluding steroid dienone is 2. The zero-order valence-electron chi connectivity index (χ0n) is 75.5. The molecule has 2 radical (unpaired) electrons. The molecular formula is C80H116Cl2N9O33P5Sn. The van der Waals surface area contributed by atoms with Crippen LogP contribution < -0.4 is 45.4 Å². The van der Waals surface area contributed by atoms with Gasteiger partial charge in [0.15, 0.2) is 42.9 Å². The Labute approximate surface area is 772 Å². The van der Waals surface area contributed by atoms with Crippen LogP contribution in [0.5, 0.6) is 28.7 Å². The van der Waals surface area contributed by atoms with Gasteiger partial charge in [0.2, 0.25) is 0 Å². The van der Waals surface area contributed by atoms with Crippen LogP contribution in [0, 0.1) is 81.2 Å². The summed E-state index contributed by atoms with van der Waals surface area (Å²) >= 11 is -0.826. The molecule has 5 aromatic carbocycles. The summed E-state index contributed by atoms with van der Waals surface area (Å²) in [6.45, 7) is 34.5. The van der Waals surface area contributed by atoms with Gasteiger partial charge in [-0.05, 0) is 190 Å². The maximum absolute atomic E-state index is 12.5. The molecule has 0 unspecified atom stereocenters. The summed E-state index contributed by atoms with van der Waals surface area (Å²) in [6.07, 6.45) is 1.39. The van der Waals surface area contributed by atoms with Gasteiger partial charge in [-0.25, -0.2) is 4.79 Å². The molecule has 0 aliphatic rings. The monoisotopic (exact) mass is 2080 g/mol. The van der Waals surface area contributed by atoms with E-state index in [-0.39, 0.29) is 135 Å². The van der Waals surface area contributed by atoms with Gasteiger partial charge in [-0.3, -0.25) is 47.3 Å². The van der Waals surface area contributed by atoms with E-state index in [0.717, 1.165) is 22.3 Å². The number of aryl methyl sites for hydroxylation is 7. The van der Waals surface area contributed by atoms with Crippen LogP contribution in [0.1, 0.15) is 143 Å². The van der Waals surface area contributed by atoms with Crippen molar-refractivity contribution in [2.45, 2.75) is 132 Å². The number of nitro groups is 1. The average Bonchev–Trinajstić information content (AvgIpc) is 1.55. The van der Waals surface area contributed by atoms with Gasteiger partial charge in [0.05, 0.1) is 89.5 Å². The Balaban J connectivity index is 0. The molecular weight excluding hydrogens is 1960 g/mol. The molecule has 7 rings (SSSR count). The SMILES string of the molecule is CCOP(=O)(COc1cc(N)ccc1C)OCC.CCOP(=O)(COc1cc(NC(=O)/C(C#N)=C(\C)O)ccc1C)OCC.CCOP(=O)(COc1cc(NC(=O)/C(C#N)=C(\C)O)ccc1C)OCC.CCOP(=O)(COc1cc(NC(=O)c2cnoc2C)ccc1C)OCC.CCOP(=O)(COc1cc([N+](=O)[O-])ccc1C)OCC.Cc1oncc1C(=O)O.O.O.[Cl][Sn][Cl]. The molecule has 2 heterocycles. The number of aromatic nitrogens is 2. The van der Waals surface area contributed by atoms with Gasteiger partial charge in [0, 0.05) is 53.1 Å². The summed E-state index contributed by atoms with van der Waals surface area (Å²) in [5.41, 5.74) is 11.1. The average molecular weight is 2080 g/mol. The number of carboxylic acids is 1. The number of amides is 3. The van der Waals surface area contributed by atoms with Gasteiger partial charge >= 0.3 is 80.7 Å². The summed E-state index contributed by atoms with van der Waals surface area (Å²) in [7, 11) is -6.72. The second kappa shape index (κ2) is 64.5. The molecule has 2 aromatic heterocycles. The van der Waals surface area contributed by atoms with Crippen LogP contribution in [0.15, 0.2) is 135 Å². The van der Waals surface area contributed by atoms with Crippen molar-refractivity contribution >= 4 is 127 Å². The molecule has 0 aliphatic carbocycles. The van der Waals surface area contributed by atoms with Crippen molar-refractivity contribution in [3.05, 3.63) is 187 Å². The summed E-state index contributed by atoms with van der Waals surface area (Å²) in [5, 5.41) is 70.2. The Morgan fingerprint density at radius 3 is 0.915 bits per heavy atom. The van der Waals surface area contributed by atoms with Crippen molar-refractivity contribution in [1.82, 2.24) is 10.3 Å². The quantitative estimate of drug-likeness (QED) is 0.00273. The number of nitrogens with zero attached hydrogens (tertiary/aromatic N) is 5. The Morgan fingerprint density at radius 2 is 0.685 bits per heavy atom. The number of ether oxygens (including phenoxy) is 5. The maximum atomic E-state index is 12.5. The molecule has 12 N–H and O–H groups in total. The number of non-ortho nitro benzene ring substituents is 1. The van der Waals surface area contributed by atoms with Crippen LogP contribution in [-0.4, -0.2) is 182 Å². The molecule has 0 aliphatic heterocycles. The first kappa shape index (κ1) is 123. The second-order valence-electron chi connectivity index (χ2n) is 25.2. The molecule has 0 saturated carbocycles. The van der Waals surface area contributed by atoms with E-state index in [9.17, 15) is 62.3 Å². The number of anilines is 4. The number of nitro benzene ring substituents is 1. The zero-order valence-corrected chi connectivity index (χ0v) is 84.3. The Morgan fingerprint density at radius 1 is 0.438 bits per heavy atom. The van der Waals surface area contributed by atoms with Crippen molar-refractivity contribution in [3.63, 3.8) is 0 Å². The van der Waals surface area contributed by atoms with Crippen LogP contribution in [0.25, 0.3) is 0 Å². The van der Waals surface area contributed by atoms with Crippen molar-refractivity contribution in [3.8, 4) is 40.9 Å². The zero-order chi connectivity index (χ0) is 97.0. The standard InChI is InChI=1S/3C17H23N2O6P.C12H18NO6P.C12H20NO4P.C5H5NO3.2ClH.2H2O.Sn/c1-5-23-26(21,24-6-2)11-22-16-9-14(8-7-12(16)3)19-17(20)15-10-18-25-13(15)4;2*1-5-24-26(22,25-6-2)11-23-16-9-14(8-7-12(16)3)19-17(21)15(10-18)13(4)20;1-4-18-20(16,19-5-2)9-17-12-8-11(13(14)15)7-6-10(12)3;1-4-16-18(14,17-5-2)9-15-12-8-11(13)7-6-10(12)3;1-3-4(5(7)8)2-6-9-3;;;;;/h7-10H,5-6,11H2,1-4H3,(H,19,20);2*7-9,20H,5-6,11H2,1-4H3,(H,19,21);6-8H,4-5,9H2,1-3H3;6-8H,4-5,9,13H2,1-3H3;2H,1H3,(H,7,8);2*1H;2*1H2;/q;;;;;;;;;;+2/p-2/b;2*15-13+;;;;;;;;. The molecule has 50 heteroatoms. The van der Waals surface area contributed by atoms with E-state index in [0.29, 0.717) is 87.4 Å². The van der Waals surface area contributed by atoms with Crippen molar-refractivity contribution in [2.24, 2.45) is 0 Å². The first-order valence-corrected chi connectivity index (χ1v) is 54.9. The topological polar surface area (TPSA) is 621 Å². The van der Waals surface area contributed by atoms with E-state index in [4.69, 9.17) is 113 Å². The van der Waals surface area contributed by atoms with Crippen molar-refractivity contribution < 1.29 is 151 Å². The number of aliphatic hydroxyl groups excluding tert-OH is 2. The molecule has 0 spiro atoms. The number of hydrogen-bond acceptors (Lipinski definition) is 35. The van der Waals surface area contributed by atoms with Gasteiger partial charge in [-0.15, -0.1) is 0 Å². The molecule has 3 amide bonds. The number of halogens is 2. The fraction of sp³-hybridized carbons (Fsp3) is 0.425. The molecule has 42 nitrogen and oxygen atoms in total. The van der Waals surface area contributed by atoms with E-state index in [1.807, 2.05) is 19.9 Å². The number of carbonyl (C=O) groups is 4. The number of carbonyl (C=O) groups excluding carboxylic acids is 3. The molecule has 0 fully saturated rings. The minimum atomic E-state index is -3.37. The fourth-order valence-electron chi connectivity index (χ4n) is 9.60. The molecule has 7 aromatic rings. The molecule has 0 bridgehead atoms. The number of aromatic carboxylic acids is 1. The summed E-state index contributed by atoms with van der Waals surface area (Å²) in [6, 6.07) is 27.7. The Hall–Kier alpha value is -9.29. The first-order chi connectivity index (χ1) is 60.4. The van der Waals surface area contributed by atoms with Gasteiger partial charge in [-0.2, -0.15) is 10.5 Å². The third kappa shape index (κ3) is 45.7. The second-order valence-corrected chi connectivity index (χ2v) is 39.5. The van der Waals surface area contributed by atoms with Gasteiger partial charge in [0.1, 0.15) is 75.1 Å². The Kier molecular flexibility index (Phi) is 60.9. The van der Waals surface area contributed by atoms with Crippen molar-refractivity contribution in [1.29, 1.82) is 10.5 Å². The Bertz CT molecular complexity index is 4940. The minimum absolute atomic E-state index is 0. The number of nitrogen functional groups attached to an aromatic ring is 1. The number of nitriles is 2. The van der Waals surface area contributed by atoms with Crippen LogP contribution in [-0.2, 0) is 77.7 Å².